The minimum Gasteiger partial charge on any atom is -0.460 e. The molecule has 1 aliphatic carbocycles. The highest BCUT2D eigenvalue weighted by Gasteiger charge is 2.27. The monoisotopic (exact) mass is 666 g/mol. The number of ether oxygens (including phenoxy) is 8. The largest absolute Gasteiger partial charge is 0.514 e. The van der Waals surface area contributed by atoms with Crippen LogP contribution in [0.5, 0.6) is 17.2 Å². The van der Waals surface area contributed by atoms with E-state index in [0.29, 0.717) is 19.0 Å². The maximum absolute atomic E-state index is 14.7. The number of carbonyl (C=O) groups is 4. The third-order valence-corrected chi connectivity index (χ3v) is 6.93. The predicted molar refractivity (Wildman–Crippen MR) is 168 cm³/mol. The van der Waals surface area contributed by atoms with E-state index in [-0.39, 0.29) is 56.9 Å². The number of benzene rings is 3. The van der Waals surface area contributed by atoms with Crippen LogP contribution in [0.3, 0.4) is 0 Å². The fourth-order valence-electron chi connectivity index (χ4n) is 4.73. The molecule has 0 amide bonds. The van der Waals surface area contributed by atoms with Crippen molar-refractivity contribution in [3.05, 3.63) is 89.8 Å². The zero-order valence-electron chi connectivity index (χ0n) is 26.5. The topological polar surface area (TPSA) is 142 Å². The molecule has 0 aromatic heterocycles. The van der Waals surface area contributed by atoms with Gasteiger partial charge in [0.1, 0.15) is 24.7 Å². The van der Waals surface area contributed by atoms with Crippen LogP contribution in [0.2, 0.25) is 0 Å². The van der Waals surface area contributed by atoms with Crippen LogP contribution in [0.15, 0.2) is 67.3 Å². The Balaban J connectivity index is 1.15. The molecule has 0 radical (unpaired) electrons. The summed E-state index contributed by atoms with van der Waals surface area (Å²) in [5, 5.41) is 0. The van der Waals surface area contributed by atoms with Gasteiger partial charge in [-0.1, -0.05) is 25.6 Å². The Bertz CT molecular complexity index is 1640. The van der Waals surface area contributed by atoms with Crippen LogP contribution < -0.4 is 14.2 Å². The van der Waals surface area contributed by atoms with Gasteiger partial charge in [-0.3, -0.25) is 4.79 Å². The van der Waals surface area contributed by atoms with E-state index < -0.39 is 35.6 Å². The Hall–Kier alpha value is -5.11. The van der Waals surface area contributed by atoms with Crippen molar-refractivity contribution in [2.75, 3.05) is 52.9 Å². The number of rotatable bonds is 17. The average Bonchev–Trinajstić information content (AvgIpc) is 3.33. The summed E-state index contributed by atoms with van der Waals surface area (Å²) >= 11 is 0. The smallest absolute Gasteiger partial charge is 0.460 e. The molecule has 1 aliphatic rings. The first-order valence-corrected chi connectivity index (χ1v) is 15.0. The third-order valence-electron chi connectivity index (χ3n) is 6.93. The minimum absolute atomic E-state index is 0.0517. The van der Waals surface area contributed by atoms with Crippen molar-refractivity contribution in [3.8, 4) is 28.4 Å². The van der Waals surface area contributed by atoms with E-state index in [4.69, 9.17) is 37.9 Å². The molecule has 13 heteroatoms. The number of hydrogen-bond donors (Lipinski definition) is 0. The summed E-state index contributed by atoms with van der Waals surface area (Å²) in [6.45, 7) is 8.03. The molecule has 254 valence electrons. The van der Waals surface area contributed by atoms with E-state index in [1.54, 1.807) is 18.2 Å². The van der Waals surface area contributed by atoms with Crippen LogP contribution in [0, 0.1) is 5.82 Å². The summed E-state index contributed by atoms with van der Waals surface area (Å²) in [5.74, 6) is -2.45. The molecular weight excluding hydrogens is 631 g/mol. The van der Waals surface area contributed by atoms with Crippen LogP contribution in [0.1, 0.15) is 41.3 Å². The second-order valence-corrected chi connectivity index (χ2v) is 10.3. The first kappa shape index (κ1) is 35.7. The van der Waals surface area contributed by atoms with Crippen molar-refractivity contribution in [3.63, 3.8) is 0 Å². The summed E-state index contributed by atoms with van der Waals surface area (Å²) in [5.41, 5.74) is 3.76. The maximum Gasteiger partial charge on any atom is 0.514 e. The van der Waals surface area contributed by atoms with Gasteiger partial charge in [-0.15, -0.1) is 0 Å². The first-order valence-electron chi connectivity index (χ1n) is 15.0. The lowest BCUT2D eigenvalue weighted by Crippen LogP contribution is -2.17. The second-order valence-electron chi connectivity index (χ2n) is 10.3. The summed E-state index contributed by atoms with van der Waals surface area (Å²) in [6, 6.07) is 13.9. The van der Waals surface area contributed by atoms with Gasteiger partial charge in [-0.2, -0.15) is 0 Å². The van der Waals surface area contributed by atoms with Crippen molar-refractivity contribution in [1.82, 2.24) is 0 Å². The minimum atomic E-state index is -1.15. The zero-order valence-corrected chi connectivity index (χ0v) is 26.5. The molecule has 12 nitrogen and oxygen atoms in total. The molecular formula is C35H35FO12. The molecule has 48 heavy (non-hydrogen) atoms. The molecule has 3 aromatic rings. The number of fused-ring (bicyclic) bond motifs is 3. The summed E-state index contributed by atoms with van der Waals surface area (Å²) in [7, 11) is 0. The third kappa shape index (κ3) is 10.2. The molecule has 3 aromatic carbocycles. The van der Waals surface area contributed by atoms with Crippen LogP contribution >= 0.6 is 0 Å². The normalized spacial score (nSPS) is 12.8. The first-order chi connectivity index (χ1) is 23.2. The number of hydrogen-bond acceptors (Lipinski definition) is 12. The van der Waals surface area contributed by atoms with E-state index in [1.165, 1.54) is 13.0 Å². The summed E-state index contributed by atoms with van der Waals surface area (Å²) in [6.07, 6.45) is -0.0746. The van der Waals surface area contributed by atoms with Crippen molar-refractivity contribution in [1.29, 1.82) is 0 Å². The van der Waals surface area contributed by atoms with E-state index in [1.807, 2.05) is 25.1 Å². The van der Waals surface area contributed by atoms with E-state index in [0.717, 1.165) is 40.5 Å². The highest BCUT2D eigenvalue weighted by molar-refractivity contribution is 5.91. The fourth-order valence-corrected chi connectivity index (χ4v) is 4.73. The van der Waals surface area contributed by atoms with Gasteiger partial charge in [0, 0.05) is 18.9 Å². The average molecular weight is 667 g/mol. The van der Waals surface area contributed by atoms with Gasteiger partial charge in [0.05, 0.1) is 45.2 Å². The number of esters is 3. The van der Waals surface area contributed by atoms with Crippen molar-refractivity contribution in [2.45, 2.75) is 19.8 Å². The molecule has 0 N–H and O–H groups in total. The molecule has 1 unspecified atom stereocenters. The summed E-state index contributed by atoms with van der Waals surface area (Å²) in [4.78, 5) is 47.0. The van der Waals surface area contributed by atoms with Crippen LogP contribution in [0.4, 0.5) is 9.18 Å². The molecule has 0 bridgehead atoms. The Morgan fingerprint density at radius 3 is 1.79 bits per heavy atom. The standard InChI is InChI=1S/C35H35FO12/c1-4-33(38)44-17-15-42-13-11-41-12-14-43-16-18-45-35(40)48-32-10-5-24(19-31(32)36)34(39)47-26-7-9-28-27-8-6-25(46-23(3)37)20-29(27)22(2)30(28)21-26/h4-10,19-22H,1,11-18H2,2-3H3. The van der Waals surface area contributed by atoms with Crippen LogP contribution in [-0.4, -0.2) is 76.9 Å². The van der Waals surface area contributed by atoms with Gasteiger partial charge in [-0.05, 0) is 64.7 Å². The van der Waals surface area contributed by atoms with Gasteiger partial charge in [-0.25, -0.2) is 18.8 Å². The quantitative estimate of drug-likeness (QED) is 0.0599. The highest BCUT2D eigenvalue weighted by atomic mass is 19.1. The van der Waals surface area contributed by atoms with Gasteiger partial charge >= 0.3 is 24.1 Å². The van der Waals surface area contributed by atoms with Crippen molar-refractivity contribution < 1.29 is 61.5 Å². The number of halogens is 1. The second kappa shape index (κ2) is 17.7. The van der Waals surface area contributed by atoms with Gasteiger partial charge in [0.2, 0.25) is 0 Å². The van der Waals surface area contributed by atoms with Crippen molar-refractivity contribution in [2.24, 2.45) is 0 Å². The summed E-state index contributed by atoms with van der Waals surface area (Å²) < 4.78 is 55.8. The highest BCUT2D eigenvalue weighted by Crippen LogP contribution is 2.47. The Morgan fingerprint density at radius 1 is 0.708 bits per heavy atom. The number of carbonyl (C=O) groups excluding carboxylic acids is 4. The van der Waals surface area contributed by atoms with Gasteiger partial charge < -0.3 is 37.9 Å². The maximum atomic E-state index is 14.7. The lowest BCUT2D eigenvalue weighted by Gasteiger charge is -2.11. The lowest BCUT2D eigenvalue weighted by atomic mass is 9.99. The molecule has 0 saturated carbocycles. The molecule has 1 atom stereocenters. The van der Waals surface area contributed by atoms with E-state index >= 15 is 0 Å². The van der Waals surface area contributed by atoms with Crippen LogP contribution in [0.25, 0.3) is 11.1 Å². The van der Waals surface area contributed by atoms with Crippen LogP contribution in [-0.2, 0) is 33.3 Å². The molecule has 0 saturated heterocycles. The Kier molecular flexibility index (Phi) is 13.2. The predicted octanol–water partition coefficient (Wildman–Crippen LogP) is 5.40. The van der Waals surface area contributed by atoms with Gasteiger partial charge in [0.15, 0.2) is 11.6 Å². The molecule has 4 rings (SSSR count). The SMILES string of the molecule is C=CC(=O)OCCOCCOCCOCCOC(=O)Oc1ccc(C(=O)Oc2ccc3c(c2)C(C)c2cc(OC(C)=O)ccc2-3)cc1F. The molecule has 0 spiro atoms. The zero-order chi connectivity index (χ0) is 34.5. The van der Waals surface area contributed by atoms with E-state index in [2.05, 4.69) is 6.58 Å². The van der Waals surface area contributed by atoms with E-state index in [9.17, 15) is 23.6 Å². The van der Waals surface area contributed by atoms with Gasteiger partial charge in [0.25, 0.3) is 0 Å². The Labute approximate surface area is 276 Å². The van der Waals surface area contributed by atoms with Crippen molar-refractivity contribution >= 4 is 24.1 Å². The molecule has 0 fully saturated rings. The fraction of sp³-hybridized carbons (Fsp3) is 0.314. The molecule has 0 aliphatic heterocycles. The Morgan fingerprint density at radius 2 is 1.25 bits per heavy atom. The molecule has 0 heterocycles. The lowest BCUT2D eigenvalue weighted by molar-refractivity contribution is -0.139.